The van der Waals surface area contributed by atoms with Crippen LogP contribution in [-0.2, 0) is 0 Å². The number of benzene rings is 1. The molecule has 0 aliphatic heterocycles. The second-order valence-electron chi connectivity index (χ2n) is 2.83. The fourth-order valence-corrected chi connectivity index (χ4v) is 2.00. The van der Waals surface area contributed by atoms with E-state index in [1.807, 2.05) is 0 Å². The lowest BCUT2D eigenvalue weighted by molar-refractivity contribution is 0.0694. The standard InChI is InChI=1S/C9H9BrO3/c1-4-3-6(10)7(9(12)13)5(2)8(4)11/h3,11H,1-2H3,(H,12,13). The van der Waals surface area contributed by atoms with Gasteiger partial charge in [0.1, 0.15) is 5.75 Å². The number of carbonyl (C=O) groups is 1. The zero-order valence-electron chi connectivity index (χ0n) is 7.26. The Balaban J connectivity index is 3.53. The summed E-state index contributed by atoms with van der Waals surface area (Å²) in [6, 6.07) is 1.59. The third kappa shape index (κ3) is 1.67. The number of aromatic carboxylic acids is 1. The third-order valence-corrected chi connectivity index (χ3v) is 2.53. The van der Waals surface area contributed by atoms with Gasteiger partial charge in [-0.05, 0) is 41.4 Å². The Labute approximate surface area is 84.1 Å². The van der Waals surface area contributed by atoms with Crippen LogP contribution in [-0.4, -0.2) is 16.2 Å². The summed E-state index contributed by atoms with van der Waals surface area (Å²) < 4.78 is 0.493. The van der Waals surface area contributed by atoms with Crippen molar-refractivity contribution in [1.29, 1.82) is 0 Å². The van der Waals surface area contributed by atoms with Gasteiger partial charge in [0.25, 0.3) is 0 Å². The van der Waals surface area contributed by atoms with Gasteiger partial charge in [-0.2, -0.15) is 0 Å². The van der Waals surface area contributed by atoms with Crippen LogP contribution in [0.3, 0.4) is 0 Å². The Hall–Kier alpha value is -1.03. The fraction of sp³-hybridized carbons (Fsp3) is 0.222. The highest BCUT2D eigenvalue weighted by Gasteiger charge is 2.16. The smallest absolute Gasteiger partial charge is 0.337 e. The molecule has 4 heteroatoms. The number of phenolic OH excluding ortho intramolecular Hbond substituents is 1. The summed E-state index contributed by atoms with van der Waals surface area (Å²) in [5, 5.41) is 18.3. The Morgan fingerprint density at radius 1 is 1.46 bits per heavy atom. The van der Waals surface area contributed by atoms with E-state index in [2.05, 4.69) is 15.9 Å². The summed E-state index contributed by atoms with van der Waals surface area (Å²) in [6.07, 6.45) is 0. The van der Waals surface area contributed by atoms with Crippen molar-refractivity contribution in [2.75, 3.05) is 0 Å². The van der Waals surface area contributed by atoms with E-state index in [1.54, 1.807) is 19.9 Å². The zero-order valence-corrected chi connectivity index (χ0v) is 8.84. The highest BCUT2D eigenvalue weighted by molar-refractivity contribution is 9.10. The molecule has 13 heavy (non-hydrogen) atoms. The van der Waals surface area contributed by atoms with E-state index in [1.165, 1.54) is 0 Å². The van der Waals surface area contributed by atoms with E-state index < -0.39 is 5.97 Å². The number of aryl methyl sites for hydroxylation is 1. The van der Waals surface area contributed by atoms with Gasteiger partial charge in [-0.1, -0.05) is 0 Å². The molecule has 0 unspecified atom stereocenters. The average molecular weight is 245 g/mol. The van der Waals surface area contributed by atoms with Crippen molar-refractivity contribution in [3.8, 4) is 5.75 Å². The van der Waals surface area contributed by atoms with Crippen molar-refractivity contribution >= 4 is 21.9 Å². The zero-order chi connectivity index (χ0) is 10.2. The average Bonchev–Trinajstić information content (AvgIpc) is 1.99. The van der Waals surface area contributed by atoms with Gasteiger partial charge in [0.2, 0.25) is 0 Å². The topological polar surface area (TPSA) is 57.5 Å². The van der Waals surface area contributed by atoms with Crippen LogP contribution in [0.4, 0.5) is 0 Å². The molecule has 0 saturated carbocycles. The first-order valence-corrected chi connectivity index (χ1v) is 4.46. The quantitative estimate of drug-likeness (QED) is 0.798. The molecule has 3 nitrogen and oxygen atoms in total. The minimum absolute atomic E-state index is 0.0422. The Morgan fingerprint density at radius 3 is 2.46 bits per heavy atom. The highest BCUT2D eigenvalue weighted by Crippen LogP contribution is 2.30. The molecule has 0 aliphatic carbocycles. The maximum atomic E-state index is 10.8. The van der Waals surface area contributed by atoms with Crippen molar-refractivity contribution in [2.45, 2.75) is 13.8 Å². The van der Waals surface area contributed by atoms with Gasteiger partial charge in [-0.15, -0.1) is 0 Å². The number of aromatic hydroxyl groups is 1. The van der Waals surface area contributed by atoms with Crippen molar-refractivity contribution in [1.82, 2.24) is 0 Å². The first-order chi connectivity index (χ1) is 5.95. The van der Waals surface area contributed by atoms with E-state index in [-0.39, 0.29) is 11.3 Å². The van der Waals surface area contributed by atoms with E-state index >= 15 is 0 Å². The molecular weight excluding hydrogens is 236 g/mol. The molecule has 0 amide bonds. The largest absolute Gasteiger partial charge is 0.507 e. The van der Waals surface area contributed by atoms with Gasteiger partial charge < -0.3 is 10.2 Å². The van der Waals surface area contributed by atoms with Gasteiger partial charge in [-0.25, -0.2) is 4.79 Å². The minimum atomic E-state index is -1.04. The fourth-order valence-electron chi connectivity index (χ4n) is 1.19. The van der Waals surface area contributed by atoms with Crippen LogP contribution in [0.2, 0.25) is 0 Å². The summed E-state index contributed by atoms with van der Waals surface area (Å²) >= 11 is 3.14. The van der Waals surface area contributed by atoms with E-state index in [0.717, 1.165) is 0 Å². The van der Waals surface area contributed by atoms with Gasteiger partial charge in [-0.3, -0.25) is 0 Å². The Morgan fingerprint density at radius 2 is 2.00 bits per heavy atom. The van der Waals surface area contributed by atoms with E-state index in [0.29, 0.717) is 15.6 Å². The molecule has 0 aromatic heterocycles. The molecule has 0 fully saturated rings. The molecule has 0 heterocycles. The number of carboxylic acid groups (broad SMARTS) is 1. The molecule has 0 saturated heterocycles. The number of halogens is 1. The summed E-state index contributed by atoms with van der Waals surface area (Å²) in [7, 11) is 0. The van der Waals surface area contributed by atoms with Crippen LogP contribution < -0.4 is 0 Å². The van der Waals surface area contributed by atoms with Crippen LogP contribution in [0.15, 0.2) is 10.5 Å². The molecule has 0 aliphatic rings. The normalized spacial score (nSPS) is 10.1. The molecule has 1 rings (SSSR count). The van der Waals surface area contributed by atoms with Crippen molar-refractivity contribution in [3.63, 3.8) is 0 Å². The summed E-state index contributed by atoms with van der Waals surface area (Å²) in [5.41, 5.74) is 1.16. The lowest BCUT2D eigenvalue weighted by Crippen LogP contribution is -2.02. The van der Waals surface area contributed by atoms with Gasteiger partial charge >= 0.3 is 5.97 Å². The number of hydrogen-bond acceptors (Lipinski definition) is 2. The van der Waals surface area contributed by atoms with Crippen LogP contribution in [0.1, 0.15) is 21.5 Å². The summed E-state index contributed by atoms with van der Waals surface area (Å²) in [4.78, 5) is 10.8. The number of rotatable bonds is 1. The number of carboxylic acids is 1. The Bertz CT molecular complexity index is 372. The summed E-state index contributed by atoms with van der Waals surface area (Å²) in [5.74, 6) is -1.000. The number of hydrogen-bond donors (Lipinski definition) is 2. The van der Waals surface area contributed by atoms with Crippen molar-refractivity contribution in [2.24, 2.45) is 0 Å². The molecule has 0 spiro atoms. The maximum absolute atomic E-state index is 10.8. The second-order valence-corrected chi connectivity index (χ2v) is 3.68. The Kier molecular flexibility index (Phi) is 2.61. The third-order valence-electron chi connectivity index (χ3n) is 1.90. The van der Waals surface area contributed by atoms with E-state index in [9.17, 15) is 9.90 Å². The van der Waals surface area contributed by atoms with Crippen molar-refractivity contribution in [3.05, 3.63) is 27.2 Å². The summed E-state index contributed by atoms with van der Waals surface area (Å²) in [6.45, 7) is 3.30. The van der Waals surface area contributed by atoms with E-state index in [4.69, 9.17) is 5.11 Å². The van der Waals surface area contributed by atoms with Crippen molar-refractivity contribution < 1.29 is 15.0 Å². The lowest BCUT2D eigenvalue weighted by atomic mass is 10.0. The molecular formula is C9H9BrO3. The van der Waals surface area contributed by atoms with Gasteiger partial charge in [0.05, 0.1) is 5.56 Å². The molecule has 1 aromatic carbocycles. The second kappa shape index (κ2) is 3.38. The number of phenols is 1. The van der Waals surface area contributed by atoms with Crippen LogP contribution in [0.25, 0.3) is 0 Å². The first-order valence-electron chi connectivity index (χ1n) is 3.67. The van der Waals surface area contributed by atoms with Crippen LogP contribution in [0.5, 0.6) is 5.75 Å². The predicted molar refractivity (Wildman–Crippen MR) is 52.2 cm³/mol. The molecule has 70 valence electrons. The molecule has 0 bridgehead atoms. The molecule has 0 atom stereocenters. The molecule has 1 aromatic rings. The van der Waals surface area contributed by atoms with Gasteiger partial charge in [0, 0.05) is 10.0 Å². The van der Waals surface area contributed by atoms with Gasteiger partial charge in [0.15, 0.2) is 0 Å². The molecule has 2 N–H and O–H groups in total. The first kappa shape index (κ1) is 10.1. The van der Waals surface area contributed by atoms with Crippen LogP contribution >= 0.6 is 15.9 Å². The molecule has 0 radical (unpaired) electrons. The predicted octanol–water partition coefficient (Wildman–Crippen LogP) is 2.47. The highest BCUT2D eigenvalue weighted by atomic mass is 79.9. The maximum Gasteiger partial charge on any atom is 0.337 e. The monoisotopic (exact) mass is 244 g/mol. The van der Waals surface area contributed by atoms with Crippen LogP contribution in [0, 0.1) is 13.8 Å². The SMILES string of the molecule is Cc1cc(Br)c(C(=O)O)c(C)c1O. The lowest BCUT2D eigenvalue weighted by Gasteiger charge is -2.08. The minimum Gasteiger partial charge on any atom is -0.507 e.